The summed E-state index contributed by atoms with van der Waals surface area (Å²) in [6.07, 6.45) is 3.08. The van der Waals surface area contributed by atoms with Gasteiger partial charge >= 0.3 is 0 Å². The van der Waals surface area contributed by atoms with Crippen LogP contribution in [-0.2, 0) is 4.79 Å². The number of nitrogens with one attached hydrogen (secondary N) is 1. The van der Waals surface area contributed by atoms with E-state index in [0.717, 1.165) is 9.90 Å². The Morgan fingerprint density at radius 2 is 2.30 bits per heavy atom. The Hall–Kier alpha value is -1.93. The molecule has 0 aliphatic rings. The van der Waals surface area contributed by atoms with E-state index >= 15 is 0 Å². The van der Waals surface area contributed by atoms with Gasteiger partial charge in [-0.05, 0) is 19.1 Å². The van der Waals surface area contributed by atoms with Crippen LogP contribution >= 0.6 is 23.1 Å². The molecule has 0 radical (unpaired) electrons. The van der Waals surface area contributed by atoms with E-state index in [2.05, 4.69) is 15.3 Å². The van der Waals surface area contributed by atoms with Gasteiger partial charge in [-0.2, -0.15) is 0 Å². The topological polar surface area (TPSA) is 98.0 Å². The van der Waals surface area contributed by atoms with E-state index in [1.807, 2.05) is 6.92 Å². The summed E-state index contributed by atoms with van der Waals surface area (Å²) in [6.45, 7) is 1.82. The summed E-state index contributed by atoms with van der Waals surface area (Å²) in [4.78, 5) is 30.8. The molecular weight excluding hydrogens is 296 g/mol. The lowest BCUT2D eigenvalue weighted by molar-refractivity contribution is -0.115. The van der Waals surface area contributed by atoms with Gasteiger partial charge in [0.05, 0.1) is 21.2 Å². The Balaban J connectivity index is 2.05. The largest absolute Gasteiger partial charge is 0.369 e. The summed E-state index contributed by atoms with van der Waals surface area (Å²) in [5, 5.41) is 3.20. The number of pyridine rings is 1. The standard InChI is InChI=1S/C12H12N4O2S2/c1-7-11(19-6-9(13)17)20-12(15-7)16-10(18)8-3-2-4-14-5-8/h2-5H,6H2,1H3,(H2,13,17)(H,15,16,18). The molecule has 0 aromatic carbocycles. The maximum Gasteiger partial charge on any atom is 0.259 e. The molecule has 0 saturated heterocycles. The number of carbonyl (C=O) groups is 2. The van der Waals surface area contributed by atoms with Crippen LogP contribution in [0.3, 0.4) is 0 Å². The quantitative estimate of drug-likeness (QED) is 0.819. The lowest BCUT2D eigenvalue weighted by atomic mass is 10.3. The number of thiazole rings is 1. The number of aryl methyl sites for hydroxylation is 1. The zero-order valence-corrected chi connectivity index (χ0v) is 12.3. The van der Waals surface area contributed by atoms with Crippen LogP contribution in [0, 0.1) is 6.92 Å². The molecule has 0 spiro atoms. The minimum absolute atomic E-state index is 0.193. The van der Waals surface area contributed by atoms with E-state index in [0.29, 0.717) is 10.7 Å². The number of carbonyl (C=O) groups excluding carboxylic acids is 2. The average molecular weight is 308 g/mol. The van der Waals surface area contributed by atoms with Gasteiger partial charge in [0, 0.05) is 12.4 Å². The zero-order valence-electron chi connectivity index (χ0n) is 10.6. The van der Waals surface area contributed by atoms with Crippen LogP contribution in [0.2, 0.25) is 0 Å². The first kappa shape index (κ1) is 14.5. The van der Waals surface area contributed by atoms with Gasteiger partial charge in [0.25, 0.3) is 5.91 Å². The SMILES string of the molecule is Cc1nc(NC(=O)c2cccnc2)sc1SCC(N)=O. The molecule has 0 aliphatic heterocycles. The first-order chi connectivity index (χ1) is 9.56. The maximum absolute atomic E-state index is 11.9. The van der Waals surface area contributed by atoms with Gasteiger partial charge in [-0.3, -0.25) is 19.9 Å². The van der Waals surface area contributed by atoms with Crippen LogP contribution in [-0.4, -0.2) is 27.5 Å². The van der Waals surface area contributed by atoms with Gasteiger partial charge in [0.15, 0.2) is 5.13 Å². The highest BCUT2D eigenvalue weighted by atomic mass is 32.2. The monoisotopic (exact) mass is 308 g/mol. The molecule has 0 fully saturated rings. The third-order valence-electron chi connectivity index (χ3n) is 2.24. The number of aromatic nitrogens is 2. The molecule has 0 bridgehead atoms. The van der Waals surface area contributed by atoms with E-state index in [1.54, 1.807) is 18.3 Å². The number of amides is 2. The maximum atomic E-state index is 11.9. The second-order valence-corrected chi connectivity index (χ2v) is 6.09. The second-order valence-electron chi connectivity index (χ2n) is 3.84. The fourth-order valence-corrected chi connectivity index (χ4v) is 3.25. The van der Waals surface area contributed by atoms with Gasteiger partial charge in [0.2, 0.25) is 5.91 Å². The van der Waals surface area contributed by atoms with Crippen molar-refractivity contribution < 1.29 is 9.59 Å². The lowest BCUT2D eigenvalue weighted by Gasteiger charge is -1.99. The number of rotatable bonds is 5. The van der Waals surface area contributed by atoms with Crippen molar-refractivity contribution in [3.63, 3.8) is 0 Å². The molecule has 2 rings (SSSR count). The van der Waals surface area contributed by atoms with Crippen LogP contribution < -0.4 is 11.1 Å². The normalized spacial score (nSPS) is 10.2. The van der Waals surface area contributed by atoms with E-state index in [1.165, 1.54) is 29.3 Å². The van der Waals surface area contributed by atoms with E-state index in [4.69, 9.17) is 5.73 Å². The van der Waals surface area contributed by atoms with Crippen molar-refractivity contribution in [1.29, 1.82) is 0 Å². The molecule has 0 atom stereocenters. The number of thioether (sulfide) groups is 1. The van der Waals surface area contributed by atoms with Crippen LogP contribution in [0.1, 0.15) is 16.1 Å². The molecule has 2 heterocycles. The van der Waals surface area contributed by atoms with E-state index in [9.17, 15) is 9.59 Å². The predicted molar refractivity (Wildman–Crippen MR) is 79.0 cm³/mol. The minimum atomic E-state index is -0.385. The first-order valence-electron chi connectivity index (χ1n) is 5.66. The first-order valence-corrected chi connectivity index (χ1v) is 7.46. The molecule has 0 saturated carbocycles. The molecule has 2 aromatic heterocycles. The summed E-state index contributed by atoms with van der Waals surface area (Å²) in [6, 6.07) is 3.36. The smallest absolute Gasteiger partial charge is 0.259 e. The number of hydrogen-bond donors (Lipinski definition) is 2. The molecule has 0 unspecified atom stereocenters. The molecule has 6 nitrogen and oxygen atoms in total. The van der Waals surface area contributed by atoms with Gasteiger partial charge in [-0.15, -0.1) is 11.8 Å². The van der Waals surface area contributed by atoms with Crippen molar-refractivity contribution in [3.05, 3.63) is 35.8 Å². The molecule has 8 heteroatoms. The van der Waals surface area contributed by atoms with Gasteiger partial charge in [-0.1, -0.05) is 11.3 Å². The second kappa shape index (κ2) is 6.49. The van der Waals surface area contributed by atoms with Crippen molar-refractivity contribution in [2.45, 2.75) is 11.1 Å². The number of primary amides is 1. The summed E-state index contributed by atoms with van der Waals surface area (Å²) in [5.74, 6) is -0.457. The highest BCUT2D eigenvalue weighted by Gasteiger charge is 2.12. The summed E-state index contributed by atoms with van der Waals surface area (Å²) < 4.78 is 0.866. The molecule has 3 N–H and O–H groups in total. The Kier molecular flexibility index (Phi) is 4.70. The molecule has 2 amide bonds. The van der Waals surface area contributed by atoms with E-state index < -0.39 is 0 Å². The molecule has 104 valence electrons. The highest BCUT2D eigenvalue weighted by molar-refractivity contribution is 8.01. The van der Waals surface area contributed by atoms with Gasteiger partial charge < -0.3 is 5.73 Å². The van der Waals surface area contributed by atoms with Gasteiger partial charge in [0.1, 0.15) is 0 Å². The van der Waals surface area contributed by atoms with Crippen LogP contribution in [0.4, 0.5) is 5.13 Å². The fourth-order valence-electron chi connectivity index (χ4n) is 1.37. The Morgan fingerprint density at radius 3 is 2.95 bits per heavy atom. The lowest BCUT2D eigenvalue weighted by Crippen LogP contribution is -2.12. The number of nitrogens with two attached hydrogens (primary N) is 1. The van der Waals surface area contributed by atoms with Gasteiger partial charge in [-0.25, -0.2) is 4.98 Å². The fraction of sp³-hybridized carbons (Fsp3) is 0.167. The van der Waals surface area contributed by atoms with Crippen LogP contribution in [0.25, 0.3) is 0 Å². The van der Waals surface area contributed by atoms with Crippen molar-refractivity contribution in [2.75, 3.05) is 11.1 Å². The Labute approximate surface area is 123 Å². The summed E-state index contributed by atoms with van der Waals surface area (Å²) in [5.41, 5.74) is 6.33. The molecule has 0 aliphatic carbocycles. The third-order valence-corrected chi connectivity index (χ3v) is 4.70. The Bertz CT molecular complexity index is 628. The molecule has 20 heavy (non-hydrogen) atoms. The highest BCUT2D eigenvalue weighted by Crippen LogP contribution is 2.31. The van der Waals surface area contributed by atoms with Crippen molar-refractivity contribution in [2.24, 2.45) is 5.73 Å². The number of hydrogen-bond acceptors (Lipinski definition) is 6. The van der Waals surface area contributed by atoms with Crippen molar-refractivity contribution in [3.8, 4) is 0 Å². The van der Waals surface area contributed by atoms with Crippen LogP contribution in [0.5, 0.6) is 0 Å². The summed E-state index contributed by atoms with van der Waals surface area (Å²) in [7, 11) is 0. The van der Waals surface area contributed by atoms with Crippen molar-refractivity contribution in [1.82, 2.24) is 9.97 Å². The minimum Gasteiger partial charge on any atom is -0.369 e. The number of nitrogens with zero attached hydrogens (tertiary/aromatic N) is 2. The number of anilines is 1. The zero-order chi connectivity index (χ0) is 14.5. The third kappa shape index (κ3) is 3.78. The molecule has 2 aromatic rings. The van der Waals surface area contributed by atoms with Crippen LogP contribution in [0.15, 0.2) is 28.7 Å². The van der Waals surface area contributed by atoms with Crippen molar-refractivity contribution >= 4 is 40.0 Å². The Morgan fingerprint density at radius 1 is 1.50 bits per heavy atom. The predicted octanol–water partition coefficient (Wildman–Crippen LogP) is 1.68. The summed E-state index contributed by atoms with van der Waals surface area (Å²) >= 11 is 2.63. The van der Waals surface area contributed by atoms with E-state index in [-0.39, 0.29) is 17.6 Å². The average Bonchev–Trinajstić information content (AvgIpc) is 2.77. The molecular formula is C12H12N4O2S2.